The Morgan fingerprint density at radius 3 is 1.20 bits per heavy atom. The fourth-order valence-corrected chi connectivity index (χ4v) is 11.8. The van der Waals surface area contributed by atoms with Gasteiger partial charge in [0.25, 0.3) is 0 Å². The summed E-state index contributed by atoms with van der Waals surface area (Å²) in [6.45, 7) is 2.70. The smallest absolute Gasteiger partial charge is 0.220 e. The molecule has 0 saturated carbocycles. The van der Waals surface area contributed by atoms with E-state index in [0.717, 1.165) is 70.6 Å². The van der Waals surface area contributed by atoms with Gasteiger partial charge in [0.2, 0.25) is 5.91 Å². The number of carbonyl (C=O) groups excluding carboxylic acids is 1. The van der Waals surface area contributed by atoms with E-state index in [1.165, 1.54) is 193 Å². The van der Waals surface area contributed by atoms with Gasteiger partial charge >= 0.3 is 0 Å². The van der Waals surface area contributed by atoms with E-state index >= 15 is 0 Å². The molecule has 9 N–H and O–H groups in total. The second-order valence-electron chi connectivity index (χ2n) is 26.0. The van der Waals surface area contributed by atoms with Crippen LogP contribution in [-0.2, 0) is 23.7 Å². The summed E-state index contributed by atoms with van der Waals surface area (Å²) in [6.07, 6.45) is 70.5. The number of nitrogens with one attached hydrogen (secondary N) is 1. The maximum Gasteiger partial charge on any atom is 0.220 e. The molecular formula is C78H137NO13. The molecule has 0 spiro atoms. The Kier molecular flexibility index (Phi) is 56.8. The number of aliphatic hydroxyl groups excluding tert-OH is 8. The van der Waals surface area contributed by atoms with E-state index in [9.17, 15) is 45.6 Å². The highest BCUT2D eigenvalue weighted by Gasteiger charge is 2.51. The van der Waals surface area contributed by atoms with E-state index in [1.54, 1.807) is 6.08 Å². The van der Waals surface area contributed by atoms with Crippen LogP contribution in [0.3, 0.4) is 0 Å². The Hall–Kier alpha value is -3.09. The predicted octanol–water partition coefficient (Wildman–Crippen LogP) is 16.1. The molecule has 0 aromatic heterocycles. The van der Waals surface area contributed by atoms with Crippen molar-refractivity contribution in [2.75, 3.05) is 19.8 Å². The predicted molar refractivity (Wildman–Crippen MR) is 378 cm³/mol. The van der Waals surface area contributed by atoms with Gasteiger partial charge in [0.15, 0.2) is 12.6 Å². The summed E-state index contributed by atoms with van der Waals surface area (Å²) in [6, 6.07) is -0.936. The highest BCUT2D eigenvalue weighted by molar-refractivity contribution is 5.76. The molecule has 0 aromatic carbocycles. The lowest BCUT2D eigenvalue weighted by Crippen LogP contribution is -2.65. The van der Waals surface area contributed by atoms with Crippen LogP contribution in [0.5, 0.6) is 0 Å². The number of hydrogen-bond donors (Lipinski definition) is 9. The first-order chi connectivity index (χ1) is 45.1. The summed E-state index contributed by atoms with van der Waals surface area (Å²) in [5.74, 6) is -0.248. The van der Waals surface area contributed by atoms with Gasteiger partial charge in [0.05, 0.1) is 32.0 Å². The fraction of sp³-hybridized carbons (Fsp3) is 0.782. The fourth-order valence-electron chi connectivity index (χ4n) is 11.8. The van der Waals surface area contributed by atoms with Crippen LogP contribution in [0.25, 0.3) is 0 Å². The van der Waals surface area contributed by atoms with E-state index in [2.05, 4.69) is 104 Å². The van der Waals surface area contributed by atoms with Crippen molar-refractivity contribution in [2.24, 2.45) is 0 Å². The third-order valence-electron chi connectivity index (χ3n) is 17.8. The van der Waals surface area contributed by atoms with Gasteiger partial charge in [-0.2, -0.15) is 0 Å². The zero-order valence-electron chi connectivity index (χ0n) is 58.0. The second-order valence-corrected chi connectivity index (χ2v) is 26.0. The molecule has 0 bridgehead atoms. The zero-order chi connectivity index (χ0) is 66.6. The van der Waals surface area contributed by atoms with Crippen molar-refractivity contribution in [3.05, 3.63) is 97.2 Å². The van der Waals surface area contributed by atoms with E-state index < -0.39 is 86.8 Å². The van der Waals surface area contributed by atoms with Gasteiger partial charge in [0, 0.05) is 6.42 Å². The van der Waals surface area contributed by atoms with E-state index in [1.807, 2.05) is 6.08 Å². The molecule has 2 heterocycles. The molecule has 12 atom stereocenters. The molecule has 92 heavy (non-hydrogen) atoms. The van der Waals surface area contributed by atoms with E-state index in [0.29, 0.717) is 12.8 Å². The minimum absolute atomic E-state index is 0.248. The molecule has 14 nitrogen and oxygen atoms in total. The second kappa shape index (κ2) is 61.5. The zero-order valence-corrected chi connectivity index (χ0v) is 58.0. The van der Waals surface area contributed by atoms with Crippen molar-refractivity contribution in [2.45, 2.75) is 370 Å². The summed E-state index contributed by atoms with van der Waals surface area (Å²) in [5.41, 5.74) is 0. The average molecular weight is 1300 g/mol. The van der Waals surface area contributed by atoms with Gasteiger partial charge in [-0.1, -0.05) is 304 Å². The molecule has 0 radical (unpaired) electrons. The van der Waals surface area contributed by atoms with Gasteiger partial charge < -0.3 is 65.1 Å². The Morgan fingerprint density at radius 2 is 0.761 bits per heavy atom. The lowest BCUT2D eigenvalue weighted by Gasteiger charge is -2.46. The Bertz CT molecular complexity index is 1920. The molecule has 14 heteroatoms. The van der Waals surface area contributed by atoms with Gasteiger partial charge in [-0.3, -0.25) is 4.79 Å². The number of hydrogen-bond acceptors (Lipinski definition) is 13. The number of unbranched alkanes of at least 4 members (excludes halogenated alkanes) is 34. The lowest BCUT2D eigenvalue weighted by molar-refractivity contribution is -0.359. The first kappa shape index (κ1) is 85.0. The summed E-state index contributed by atoms with van der Waals surface area (Å²) in [5, 5.41) is 87.5. The normalized spacial score (nSPS) is 23.2. The molecule has 2 fully saturated rings. The maximum atomic E-state index is 13.4. The van der Waals surface area contributed by atoms with Gasteiger partial charge in [0.1, 0.15) is 48.8 Å². The van der Waals surface area contributed by atoms with Crippen LogP contribution in [0.4, 0.5) is 0 Å². The van der Waals surface area contributed by atoms with Crippen molar-refractivity contribution < 1.29 is 64.6 Å². The first-order valence-electron chi connectivity index (χ1n) is 37.5. The van der Waals surface area contributed by atoms with Gasteiger partial charge in [-0.05, 0) is 83.5 Å². The standard InChI is InChI=1S/C78H137NO13/c1-3-5-7-9-11-13-15-17-19-21-23-25-26-27-28-29-30-31-32-33-34-35-36-37-38-39-40-42-44-46-48-50-52-54-56-58-60-62-70(83)79-66(67(82)61-59-57-55-53-51-49-47-45-43-41-24-22-20-18-16-14-12-10-8-6-4-2)65-89-77-75(88)73(86)76(69(64-81)91-77)92-78-74(87)72(85)71(84)68(63-80)90-78/h5,7,11,13,17,19,23,25,27-28,30-31,51,53,59,61,66-69,71-78,80-82,84-88H,3-4,6,8-10,12,14-16,18,20-22,24,26,29,32-50,52,54-58,60,62-65H2,1-2H3,(H,79,83)/b7-5-,13-11-,19-17-,25-23-,28-27-,31-30-,53-51+,61-59+. The maximum absolute atomic E-state index is 13.4. The van der Waals surface area contributed by atoms with Gasteiger partial charge in [-0.25, -0.2) is 0 Å². The molecular weight excluding hydrogens is 1160 g/mol. The topological polar surface area (TPSA) is 228 Å². The highest BCUT2D eigenvalue weighted by atomic mass is 16.7. The minimum atomic E-state index is -1.79. The molecule has 2 rings (SSSR count). The number of carbonyl (C=O) groups is 1. The number of rotatable bonds is 61. The van der Waals surface area contributed by atoms with Crippen molar-refractivity contribution in [3.63, 3.8) is 0 Å². The monoisotopic (exact) mass is 1300 g/mol. The largest absolute Gasteiger partial charge is 0.394 e. The number of allylic oxidation sites excluding steroid dienone is 15. The summed E-state index contributed by atoms with van der Waals surface area (Å²) < 4.78 is 22.9. The number of aliphatic hydroxyl groups is 8. The average Bonchev–Trinajstić information content (AvgIpc) is 0.915. The summed E-state index contributed by atoms with van der Waals surface area (Å²) in [4.78, 5) is 13.4. The molecule has 0 aliphatic carbocycles. The van der Waals surface area contributed by atoms with Crippen molar-refractivity contribution in [1.29, 1.82) is 0 Å². The summed E-state index contributed by atoms with van der Waals surface area (Å²) in [7, 11) is 0. The molecule has 2 aliphatic rings. The van der Waals surface area contributed by atoms with Gasteiger partial charge in [-0.15, -0.1) is 0 Å². The summed E-state index contributed by atoms with van der Waals surface area (Å²) >= 11 is 0. The first-order valence-corrected chi connectivity index (χ1v) is 37.5. The van der Waals surface area contributed by atoms with Crippen LogP contribution in [0.15, 0.2) is 97.2 Å². The third kappa shape index (κ3) is 44.6. The van der Waals surface area contributed by atoms with Crippen molar-refractivity contribution in [1.82, 2.24) is 5.32 Å². The van der Waals surface area contributed by atoms with Crippen LogP contribution in [0, 0.1) is 0 Å². The minimum Gasteiger partial charge on any atom is -0.394 e. The lowest BCUT2D eigenvalue weighted by atomic mass is 9.97. The highest BCUT2D eigenvalue weighted by Crippen LogP contribution is 2.30. The molecule has 12 unspecified atom stereocenters. The van der Waals surface area contributed by atoms with Crippen LogP contribution in [0.1, 0.15) is 296 Å². The number of amides is 1. The molecule has 1 amide bonds. The van der Waals surface area contributed by atoms with E-state index in [4.69, 9.17) is 18.9 Å². The van der Waals surface area contributed by atoms with Crippen molar-refractivity contribution >= 4 is 5.91 Å². The number of ether oxygens (including phenoxy) is 4. The van der Waals surface area contributed by atoms with Crippen molar-refractivity contribution in [3.8, 4) is 0 Å². The van der Waals surface area contributed by atoms with E-state index in [-0.39, 0.29) is 18.9 Å². The molecule has 0 aromatic rings. The van der Waals surface area contributed by atoms with Crippen LogP contribution >= 0.6 is 0 Å². The Morgan fingerprint density at radius 1 is 0.402 bits per heavy atom. The molecule has 2 saturated heterocycles. The third-order valence-corrected chi connectivity index (χ3v) is 17.8. The molecule has 532 valence electrons. The SMILES string of the molecule is CC/C=C\C/C=C\C/C=C\C/C=C\C/C=C\C/C=C\CCCCCCCCCCCCCCCCCCCCC(=O)NC(COC1OC(CO)C(OC2OC(CO)C(O)C(O)C2O)C(O)C1O)C(O)/C=C/CC/C=C/CCCCCCCCCCCCCCCCC. The molecule has 2 aliphatic heterocycles. The van der Waals surface area contributed by atoms with Crippen LogP contribution in [-0.4, -0.2) is 140 Å². The van der Waals surface area contributed by atoms with Crippen LogP contribution in [0.2, 0.25) is 0 Å². The quantitative estimate of drug-likeness (QED) is 0.0204. The Labute approximate surface area is 560 Å². The Balaban J connectivity index is 1.62. The van der Waals surface area contributed by atoms with Crippen LogP contribution < -0.4 is 5.32 Å².